The highest BCUT2D eigenvalue weighted by atomic mass is 16.4. The zero-order chi connectivity index (χ0) is 10.3. The Labute approximate surface area is 78.2 Å². The summed E-state index contributed by atoms with van der Waals surface area (Å²) in [6.07, 6.45) is 3.68. The Morgan fingerprint density at radius 2 is 1.77 bits per heavy atom. The van der Waals surface area contributed by atoms with Gasteiger partial charge in [0, 0.05) is 11.3 Å². The van der Waals surface area contributed by atoms with Crippen LogP contribution in [0, 0.1) is 0 Å². The first-order chi connectivity index (χ1) is 6.27. The van der Waals surface area contributed by atoms with Crippen LogP contribution in [-0.2, 0) is 0 Å². The number of hydrogen-bond acceptors (Lipinski definition) is 2. The number of rotatable bonds is 0. The second-order valence-electron chi connectivity index (χ2n) is 2.15. The van der Waals surface area contributed by atoms with Crippen LogP contribution in [0.15, 0.2) is 21.3 Å². The van der Waals surface area contributed by atoms with Gasteiger partial charge < -0.3 is 4.42 Å². The fourth-order valence-electron chi connectivity index (χ4n) is 0.905. The molecule has 0 aromatic carbocycles. The summed E-state index contributed by atoms with van der Waals surface area (Å²) in [6, 6.07) is 3.17. The molecule has 1 heterocycles. The van der Waals surface area contributed by atoms with E-state index in [2.05, 4.69) is 0 Å². The molecule has 0 spiro atoms. The summed E-state index contributed by atoms with van der Waals surface area (Å²) < 4.78 is 4.91. The monoisotopic (exact) mass is 180 g/mol. The minimum Gasteiger partial charge on any atom is -0.423 e. The third-order valence-electron chi connectivity index (χ3n) is 1.47. The second-order valence-corrected chi connectivity index (χ2v) is 2.15. The van der Waals surface area contributed by atoms with Crippen LogP contribution in [0.2, 0.25) is 0 Å². The standard InChI is InChI=1S/C9H10O2.C2H6/c1-3-7-5-6-9(10)11-8(7)4-2;1-2/h3-6H,1-2H3;1-2H3/b7-3-,8-4+;. The van der Waals surface area contributed by atoms with Gasteiger partial charge in [0.15, 0.2) is 0 Å². The fraction of sp³-hybridized carbons (Fsp3) is 0.364. The van der Waals surface area contributed by atoms with Crippen molar-refractivity contribution in [3.8, 4) is 0 Å². The van der Waals surface area contributed by atoms with E-state index in [1.807, 2.05) is 33.8 Å². The van der Waals surface area contributed by atoms with Gasteiger partial charge in [-0.2, -0.15) is 0 Å². The van der Waals surface area contributed by atoms with Crippen molar-refractivity contribution in [1.82, 2.24) is 0 Å². The Morgan fingerprint density at radius 3 is 2.23 bits per heavy atom. The molecule has 0 N–H and O–H groups in total. The summed E-state index contributed by atoms with van der Waals surface area (Å²) >= 11 is 0. The molecule has 2 heteroatoms. The summed E-state index contributed by atoms with van der Waals surface area (Å²) in [5.41, 5.74) is 0.337. The molecule has 0 aliphatic heterocycles. The van der Waals surface area contributed by atoms with Crippen LogP contribution in [0.1, 0.15) is 27.7 Å². The van der Waals surface area contributed by atoms with E-state index in [1.165, 1.54) is 6.07 Å². The zero-order valence-corrected chi connectivity index (χ0v) is 8.63. The highest BCUT2D eigenvalue weighted by Crippen LogP contribution is 1.63. The Bertz CT molecular complexity index is 399. The molecule has 2 nitrogen and oxygen atoms in total. The van der Waals surface area contributed by atoms with Crippen molar-refractivity contribution in [2.45, 2.75) is 27.7 Å². The molecule has 0 aliphatic rings. The van der Waals surface area contributed by atoms with Gasteiger partial charge in [0.05, 0.1) is 0 Å². The van der Waals surface area contributed by atoms with E-state index in [4.69, 9.17) is 4.42 Å². The van der Waals surface area contributed by atoms with E-state index in [-0.39, 0.29) is 5.63 Å². The molecule has 0 unspecified atom stereocenters. The van der Waals surface area contributed by atoms with Gasteiger partial charge in [0.2, 0.25) is 0 Å². The summed E-state index contributed by atoms with van der Waals surface area (Å²) in [6.45, 7) is 7.74. The summed E-state index contributed by atoms with van der Waals surface area (Å²) in [5.74, 6) is 0. The first-order valence-electron chi connectivity index (χ1n) is 4.51. The molecule has 1 aromatic rings. The Hall–Kier alpha value is -1.31. The Kier molecular flexibility index (Phi) is 5.60. The molecule has 0 fully saturated rings. The average molecular weight is 180 g/mol. The fourth-order valence-corrected chi connectivity index (χ4v) is 0.905. The molecule has 1 aromatic heterocycles. The Morgan fingerprint density at radius 1 is 1.15 bits per heavy atom. The molecule has 0 aliphatic carbocycles. The highest BCUT2D eigenvalue weighted by molar-refractivity contribution is 5.23. The van der Waals surface area contributed by atoms with Gasteiger partial charge in [-0.3, -0.25) is 0 Å². The molecule has 72 valence electrons. The normalized spacial score (nSPS) is 12.3. The van der Waals surface area contributed by atoms with E-state index in [0.717, 1.165) is 5.22 Å². The van der Waals surface area contributed by atoms with E-state index in [0.29, 0.717) is 5.42 Å². The molecular formula is C11H16O2. The van der Waals surface area contributed by atoms with Crippen LogP contribution in [0.4, 0.5) is 0 Å². The van der Waals surface area contributed by atoms with Crippen LogP contribution in [0.25, 0.3) is 12.2 Å². The minimum atomic E-state index is -0.302. The quantitative estimate of drug-likeness (QED) is 0.602. The van der Waals surface area contributed by atoms with Crippen LogP contribution in [-0.4, -0.2) is 0 Å². The molecule has 0 saturated carbocycles. The largest absolute Gasteiger partial charge is 0.423 e. The molecule has 1 rings (SSSR count). The smallest absolute Gasteiger partial charge is 0.336 e. The number of hydrogen-bond donors (Lipinski definition) is 0. The van der Waals surface area contributed by atoms with Crippen molar-refractivity contribution in [2.24, 2.45) is 0 Å². The molecular weight excluding hydrogens is 164 g/mol. The molecule has 0 bridgehead atoms. The lowest BCUT2D eigenvalue weighted by molar-refractivity contribution is 0.473. The van der Waals surface area contributed by atoms with E-state index >= 15 is 0 Å². The highest BCUT2D eigenvalue weighted by Gasteiger charge is 1.85. The maximum absolute atomic E-state index is 10.7. The maximum atomic E-state index is 10.7. The van der Waals surface area contributed by atoms with Gasteiger partial charge in [-0.15, -0.1) is 0 Å². The van der Waals surface area contributed by atoms with Gasteiger partial charge >= 0.3 is 5.63 Å². The van der Waals surface area contributed by atoms with Crippen molar-refractivity contribution in [1.29, 1.82) is 0 Å². The first-order valence-corrected chi connectivity index (χ1v) is 4.51. The Balaban J connectivity index is 0.000000671. The van der Waals surface area contributed by atoms with Crippen LogP contribution >= 0.6 is 0 Å². The van der Waals surface area contributed by atoms with Crippen LogP contribution in [0.5, 0.6) is 0 Å². The predicted octanol–water partition coefficient (Wildman–Crippen LogP) is 1.27. The lowest BCUT2D eigenvalue weighted by atomic mass is 10.3. The minimum absolute atomic E-state index is 0.302. The average Bonchev–Trinajstić information content (AvgIpc) is 2.20. The second kappa shape index (κ2) is 6.23. The summed E-state index contributed by atoms with van der Waals surface area (Å²) in [5, 5.41) is 0.951. The third-order valence-corrected chi connectivity index (χ3v) is 1.47. The van der Waals surface area contributed by atoms with Gasteiger partial charge in [-0.05, 0) is 26.0 Å². The van der Waals surface area contributed by atoms with E-state index < -0.39 is 0 Å². The topological polar surface area (TPSA) is 30.2 Å². The summed E-state index contributed by atoms with van der Waals surface area (Å²) in [7, 11) is 0. The SMILES string of the molecule is C/C=c1/ccc(=O)o/c1=C/C.CC. The summed E-state index contributed by atoms with van der Waals surface area (Å²) in [4.78, 5) is 10.7. The van der Waals surface area contributed by atoms with Crippen molar-refractivity contribution in [3.63, 3.8) is 0 Å². The predicted molar refractivity (Wildman–Crippen MR) is 55.9 cm³/mol. The van der Waals surface area contributed by atoms with E-state index in [9.17, 15) is 4.79 Å². The maximum Gasteiger partial charge on any atom is 0.336 e. The van der Waals surface area contributed by atoms with Crippen LogP contribution < -0.4 is 16.3 Å². The first kappa shape index (κ1) is 11.7. The zero-order valence-electron chi connectivity index (χ0n) is 8.63. The molecule has 0 amide bonds. The van der Waals surface area contributed by atoms with Crippen molar-refractivity contribution in [2.75, 3.05) is 0 Å². The van der Waals surface area contributed by atoms with Crippen molar-refractivity contribution < 1.29 is 4.42 Å². The third kappa shape index (κ3) is 3.28. The van der Waals surface area contributed by atoms with Gasteiger partial charge in [-0.25, -0.2) is 4.79 Å². The molecule has 0 atom stereocenters. The van der Waals surface area contributed by atoms with Gasteiger partial charge in [0.25, 0.3) is 0 Å². The molecule has 0 radical (unpaired) electrons. The van der Waals surface area contributed by atoms with Gasteiger partial charge in [0.1, 0.15) is 5.42 Å². The molecule has 0 saturated heterocycles. The van der Waals surface area contributed by atoms with Gasteiger partial charge in [-0.1, -0.05) is 19.9 Å². The lowest BCUT2D eigenvalue weighted by Crippen LogP contribution is -2.27. The van der Waals surface area contributed by atoms with Crippen LogP contribution in [0.3, 0.4) is 0 Å². The lowest BCUT2D eigenvalue weighted by Gasteiger charge is -1.85. The molecule has 13 heavy (non-hydrogen) atoms. The van der Waals surface area contributed by atoms with E-state index in [1.54, 1.807) is 12.1 Å². The van der Waals surface area contributed by atoms with Crippen molar-refractivity contribution in [3.05, 3.63) is 33.2 Å². The van der Waals surface area contributed by atoms with Crippen molar-refractivity contribution >= 4 is 12.2 Å².